The smallest absolute Gasteiger partial charge is 0.172 e. The molecule has 6 heteroatoms. The molecule has 0 heterocycles. The summed E-state index contributed by atoms with van der Waals surface area (Å²) in [7, 11) is 1.26. The van der Waals surface area contributed by atoms with Crippen molar-refractivity contribution in [3.63, 3.8) is 0 Å². The highest BCUT2D eigenvalue weighted by Gasteiger charge is 2.19. The first-order chi connectivity index (χ1) is 7.11. The van der Waals surface area contributed by atoms with Crippen LogP contribution < -0.4 is 10.5 Å². The molecule has 0 aliphatic carbocycles. The Hall–Kier alpha value is -0.940. The van der Waals surface area contributed by atoms with Crippen molar-refractivity contribution in [2.24, 2.45) is 5.73 Å². The lowest BCUT2D eigenvalue weighted by atomic mass is 10.0. The molecule has 0 unspecified atom stereocenters. The van der Waals surface area contributed by atoms with Crippen molar-refractivity contribution >= 4 is 12.4 Å². The van der Waals surface area contributed by atoms with Crippen LogP contribution in [-0.2, 0) is 0 Å². The number of hydrogen-bond acceptors (Lipinski definition) is 2. The molecule has 0 saturated heterocycles. The number of alkyl halides is 1. The average molecular weight is 256 g/mol. The Morgan fingerprint density at radius 2 is 2.00 bits per heavy atom. The van der Waals surface area contributed by atoms with Crippen molar-refractivity contribution in [1.82, 2.24) is 0 Å². The molecular formula is C10H13ClF3NO. The van der Waals surface area contributed by atoms with Crippen molar-refractivity contribution in [3.05, 3.63) is 29.3 Å². The highest BCUT2D eigenvalue weighted by molar-refractivity contribution is 5.85. The molecule has 1 rings (SSSR count). The van der Waals surface area contributed by atoms with Crippen molar-refractivity contribution in [2.75, 3.05) is 13.8 Å². The molecular weight excluding hydrogens is 243 g/mol. The van der Waals surface area contributed by atoms with E-state index in [0.29, 0.717) is 0 Å². The van der Waals surface area contributed by atoms with E-state index < -0.39 is 24.4 Å². The zero-order chi connectivity index (χ0) is 11.4. The third kappa shape index (κ3) is 3.02. The first kappa shape index (κ1) is 15.1. The Balaban J connectivity index is 0.00000225. The second kappa shape index (κ2) is 6.60. The second-order valence-corrected chi connectivity index (χ2v) is 3.06. The molecule has 1 aromatic rings. The highest BCUT2D eigenvalue weighted by Crippen LogP contribution is 2.28. The lowest BCUT2D eigenvalue weighted by molar-refractivity contribution is 0.372. The van der Waals surface area contributed by atoms with Gasteiger partial charge >= 0.3 is 0 Å². The van der Waals surface area contributed by atoms with Gasteiger partial charge in [-0.15, -0.1) is 12.4 Å². The number of methoxy groups -OCH3 is 1. The van der Waals surface area contributed by atoms with Gasteiger partial charge in [-0.2, -0.15) is 0 Å². The van der Waals surface area contributed by atoms with Crippen LogP contribution in [0.1, 0.15) is 18.0 Å². The number of hydrogen-bond donors (Lipinski definition) is 1. The van der Waals surface area contributed by atoms with Gasteiger partial charge in [0, 0.05) is 11.6 Å². The van der Waals surface area contributed by atoms with Gasteiger partial charge in [-0.3, -0.25) is 4.39 Å². The van der Waals surface area contributed by atoms with Crippen molar-refractivity contribution in [1.29, 1.82) is 0 Å². The molecule has 0 radical (unpaired) electrons. The lowest BCUT2D eigenvalue weighted by Gasteiger charge is -2.14. The maximum atomic E-state index is 13.5. The molecule has 1 atom stereocenters. The van der Waals surface area contributed by atoms with Crippen LogP contribution in [0, 0.1) is 11.6 Å². The fraction of sp³-hybridized carbons (Fsp3) is 0.400. The summed E-state index contributed by atoms with van der Waals surface area (Å²) >= 11 is 0. The minimum Gasteiger partial charge on any atom is -0.494 e. The van der Waals surface area contributed by atoms with E-state index in [9.17, 15) is 13.2 Å². The zero-order valence-corrected chi connectivity index (χ0v) is 9.49. The van der Waals surface area contributed by atoms with E-state index in [1.54, 1.807) is 0 Å². The molecule has 1 aromatic carbocycles. The average Bonchev–Trinajstić information content (AvgIpc) is 2.18. The summed E-state index contributed by atoms with van der Waals surface area (Å²) in [5, 5.41) is 0. The summed E-state index contributed by atoms with van der Waals surface area (Å²) in [6, 6.07) is 1.22. The molecule has 2 N–H and O–H groups in total. The molecule has 92 valence electrons. The number of halogens is 4. The topological polar surface area (TPSA) is 35.2 Å². The summed E-state index contributed by atoms with van der Waals surface area (Å²) in [6.45, 7) is -0.725. The normalized spacial score (nSPS) is 11.8. The Morgan fingerprint density at radius 3 is 2.50 bits per heavy atom. The van der Waals surface area contributed by atoms with Crippen molar-refractivity contribution < 1.29 is 17.9 Å². The van der Waals surface area contributed by atoms with Crippen molar-refractivity contribution in [3.8, 4) is 5.75 Å². The fourth-order valence-electron chi connectivity index (χ4n) is 1.31. The second-order valence-electron chi connectivity index (χ2n) is 3.06. The number of rotatable bonds is 4. The number of nitrogens with two attached hydrogens (primary N) is 1. The summed E-state index contributed by atoms with van der Waals surface area (Å²) < 4.78 is 43.5. The van der Waals surface area contributed by atoms with Gasteiger partial charge in [-0.25, -0.2) is 8.78 Å². The van der Waals surface area contributed by atoms with E-state index in [0.717, 1.165) is 12.1 Å². The van der Waals surface area contributed by atoms with Crippen LogP contribution in [0.25, 0.3) is 0 Å². The van der Waals surface area contributed by atoms with Crippen LogP contribution in [0.3, 0.4) is 0 Å². The van der Waals surface area contributed by atoms with Gasteiger partial charge in [0.1, 0.15) is 5.82 Å². The van der Waals surface area contributed by atoms with Gasteiger partial charge in [0.2, 0.25) is 0 Å². The number of benzene rings is 1. The number of ether oxygens (including phenoxy) is 1. The maximum absolute atomic E-state index is 13.5. The van der Waals surface area contributed by atoms with Gasteiger partial charge in [0.25, 0.3) is 0 Å². The van der Waals surface area contributed by atoms with Crippen LogP contribution in [0.15, 0.2) is 12.1 Å². The first-order valence-corrected chi connectivity index (χ1v) is 4.45. The Bertz CT molecular complexity index is 349. The molecule has 16 heavy (non-hydrogen) atoms. The van der Waals surface area contributed by atoms with E-state index in [4.69, 9.17) is 5.73 Å². The lowest BCUT2D eigenvalue weighted by Crippen LogP contribution is -2.15. The van der Waals surface area contributed by atoms with E-state index in [1.165, 1.54) is 7.11 Å². The quantitative estimate of drug-likeness (QED) is 0.898. The maximum Gasteiger partial charge on any atom is 0.172 e. The predicted octanol–water partition coefficient (Wildman–Crippen LogP) is 2.75. The Morgan fingerprint density at radius 1 is 1.38 bits per heavy atom. The Kier molecular flexibility index (Phi) is 6.21. The molecule has 0 aliphatic rings. The third-order valence-electron chi connectivity index (χ3n) is 2.10. The van der Waals surface area contributed by atoms with Crippen LogP contribution in [0.4, 0.5) is 13.2 Å². The predicted molar refractivity (Wildman–Crippen MR) is 57.7 cm³/mol. The van der Waals surface area contributed by atoms with Crippen molar-refractivity contribution in [2.45, 2.75) is 12.5 Å². The first-order valence-electron chi connectivity index (χ1n) is 4.45. The van der Waals surface area contributed by atoms with Gasteiger partial charge < -0.3 is 10.5 Å². The van der Waals surface area contributed by atoms with Gasteiger partial charge in [-0.1, -0.05) is 0 Å². The summed E-state index contributed by atoms with van der Waals surface area (Å²) in [4.78, 5) is 0. The van der Waals surface area contributed by atoms with Crippen LogP contribution in [0.2, 0.25) is 0 Å². The molecule has 0 fully saturated rings. The minimum absolute atomic E-state index is 0. The SMILES string of the molecule is COc1ccc(F)c([C@H](N)CCF)c1F.Cl. The molecule has 0 spiro atoms. The molecule has 0 aliphatic heterocycles. The standard InChI is InChI=1S/C10H12F3NO.ClH/c1-15-8-3-2-6(12)9(10(8)13)7(14)4-5-11;/h2-3,7H,4-5,14H2,1H3;1H/t7-;/m1./s1. The van der Waals surface area contributed by atoms with E-state index in [1.807, 2.05) is 0 Å². The largest absolute Gasteiger partial charge is 0.494 e. The van der Waals surface area contributed by atoms with Crippen LogP contribution in [-0.4, -0.2) is 13.8 Å². The highest BCUT2D eigenvalue weighted by atomic mass is 35.5. The van der Waals surface area contributed by atoms with Gasteiger partial charge in [0.15, 0.2) is 11.6 Å². The third-order valence-corrected chi connectivity index (χ3v) is 2.10. The molecule has 2 nitrogen and oxygen atoms in total. The van der Waals surface area contributed by atoms with E-state index in [-0.39, 0.29) is 30.1 Å². The summed E-state index contributed by atoms with van der Waals surface area (Å²) in [5.41, 5.74) is 5.13. The minimum atomic E-state index is -0.995. The van der Waals surface area contributed by atoms with E-state index >= 15 is 0 Å². The molecule has 0 aromatic heterocycles. The molecule has 0 amide bonds. The van der Waals surface area contributed by atoms with Crippen LogP contribution >= 0.6 is 12.4 Å². The molecule has 0 bridgehead atoms. The fourth-order valence-corrected chi connectivity index (χ4v) is 1.31. The van der Waals surface area contributed by atoms with Gasteiger partial charge in [0.05, 0.1) is 13.8 Å². The summed E-state index contributed by atoms with van der Waals surface area (Å²) in [6.07, 6.45) is -0.124. The van der Waals surface area contributed by atoms with Crippen LogP contribution in [0.5, 0.6) is 5.75 Å². The summed E-state index contributed by atoms with van der Waals surface area (Å²) in [5.74, 6) is -1.74. The molecule has 0 saturated carbocycles. The van der Waals surface area contributed by atoms with Gasteiger partial charge in [-0.05, 0) is 18.6 Å². The van der Waals surface area contributed by atoms with E-state index in [2.05, 4.69) is 4.74 Å². The monoisotopic (exact) mass is 255 g/mol. The Labute approximate surface area is 98.0 Å². The zero-order valence-electron chi connectivity index (χ0n) is 8.67.